The van der Waals surface area contributed by atoms with Crippen LogP contribution in [0.15, 0.2) is 206 Å². The van der Waals surface area contributed by atoms with Crippen molar-refractivity contribution in [2.45, 2.75) is 39.5 Å². The normalized spacial score (nSPS) is 12.0. The molecule has 64 heavy (non-hydrogen) atoms. The topological polar surface area (TPSA) is 0 Å². The molecule has 0 aromatic heterocycles. The molecule has 0 radical (unpaired) electrons. The van der Waals surface area contributed by atoms with Gasteiger partial charge >= 0.3 is 0 Å². The van der Waals surface area contributed by atoms with Crippen LogP contribution in [0.1, 0.15) is 50.7 Å². The zero-order chi connectivity index (χ0) is 43.1. The fraction of sp³-hybridized carbons (Fsp3) is 0.0968. The molecule has 0 saturated carbocycles. The van der Waals surface area contributed by atoms with Crippen LogP contribution >= 0.6 is 0 Å². The Bertz CT molecular complexity index is 3360. The van der Waals surface area contributed by atoms with E-state index in [0.717, 1.165) is 0 Å². The second-order valence-electron chi connectivity index (χ2n) is 18.8. The number of benzene rings is 12. The van der Waals surface area contributed by atoms with Gasteiger partial charge in [-0.2, -0.15) is 0 Å². The summed E-state index contributed by atoms with van der Waals surface area (Å²) in [6.07, 6.45) is 0. The molecule has 0 heterocycles. The van der Waals surface area contributed by atoms with Gasteiger partial charge in [0.05, 0.1) is 0 Å². The second-order valence-corrected chi connectivity index (χ2v) is 18.8. The lowest BCUT2D eigenvalue weighted by Gasteiger charge is -2.27. The maximum atomic E-state index is 2.57. The van der Waals surface area contributed by atoms with Gasteiger partial charge in [-0.3, -0.25) is 0 Å². The smallest absolute Gasteiger partial charge is 0.0680 e. The first kappa shape index (κ1) is 38.5. The lowest BCUT2D eigenvalue weighted by molar-refractivity contribution is 0.876. The summed E-state index contributed by atoms with van der Waals surface area (Å²) in [7, 11) is 0. The van der Waals surface area contributed by atoms with E-state index in [1.165, 1.54) is 119 Å². The first-order valence-corrected chi connectivity index (χ1v) is 23.1. The van der Waals surface area contributed by atoms with Gasteiger partial charge in [0.2, 0.25) is 13.4 Å². The van der Waals surface area contributed by atoms with Crippen LogP contribution in [0.2, 0.25) is 0 Å². The van der Waals surface area contributed by atoms with Crippen molar-refractivity contribution in [3.05, 3.63) is 217 Å². The Labute approximate surface area is 376 Å². The average Bonchev–Trinajstić information content (AvgIpc) is 3.33. The first-order valence-electron chi connectivity index (χ1n) is 23.1. The maximum absolute atomic E-state index is 2.57. The van der Waals surface area contributed by atoms with Crippen LogP contribution in [0.4, 0.5) is 0 Å². The molecular formula is C62H48B2. The minimum atomic E-state index is 0.0169. The van der Waals surface area contributed by atoms with E-state index in [9.17, 15) is 0 Å². The predicted octanol–water partition coefficient (Wildman–Crippen LogP) is 12.5. The molecule has 12 aromatic rings. The molecule has 2 heteroatoms. The summed E-state index contributed by atoms with van der Waals surface area (Å²) >= 11 is 0. The monoisotopic (exact) mass is 814 g/mol. The summed E-state index contributed by atoms with van der Waals surface area (Å²) in [4.78, 5) is 0. The van der Waals surface area contributed by atoms with Crippen LogP contribution in [-0.4, -0.2) is 13.4 Å². The molecule has 302 valence electrons. The third kappa shape index (κ3) is 6.30. The van der Waals surface area contributed by atoms with Crippen molar-refractivity contribution in [1.29, 1.82) is 0 Å². The Hall–Kier alpha value is -7.15. The maximum Gasteiger partial charge on any atom is 0.242 e. The van der Waals surface area contributed by atoms with E-state index in [4.69, 9.17) is 0 Å². The molecule has 0 aliphatic rings. The third-order valence-corrected chi connectivity index (χ3v) is 14.3. The molecule has 0 nitrogen and oxygen atoms in total. The van der Waals surface area contributed by atoms with E-state index in [1.54, 1.807) is 0 Å². The quantitative estimate of drug-likeness (QED) is 0.106. The zero-order valence-corrected chi connectivity index (χ0v) is 36.9. The van der Waals surface area contributed by atoms with Gasteiger partial charge in [-0.25, -0.2) is 0 Å². The van der Waals surface area contributed by atoms with Gasteiger partial charge in [0.1, 0.15) is 0 Å². The first-order chi connectivity index (χ1) is 31.4. The Kier molecular flexibility index (Phi) is 9.20. The molecule has 0 amide bonds. The fourth-order valence-electron chi connectivity index (χ4n) is 11.2. The summed E-state index contributed by atoms with van der Waals surface area (Å²) in [5.74, 6) is 0.647. The molecular weight excluding hydrogens is 766 g/mol. The highest BCUT2D eigenvalue weighted by Gasteiger charge is 2.31. The van der Waals surface area contributed by atoms with E-state index in [-0.39, 0.29) is 13.4 Å². The van der Waals surface area contributed by atoms with E-state index < -0.39 is 0 Å². The molecule has 0 spiro atoms. The van der Waals surface area contributed by atoms with Crippen LogP contribution in [0.25, 0.3) is 75.4 Å². The van der Waals surface area contributed by atoms with Gasteiger partial charge in [0, 0.05) is 0 Å². The highest BCUT2D eigenvalue weighted by atomic mass is 14.2. The molecule has 0 atom stereocenters. The molecule has 0 aliphatic carbocycles. The van der Waals surface area contributed by atoms with Gasteiger partial charge < -0.3 is 0 Å². The number of hydrogen-bond acceptors (Lipinski definition) is 0. The van der Waals surface area contributed by atoms with Gasteiger partial charge in [-0.1, -0.05) is 267 Å². The van der Waals surface area contributed by atoms with Crippen molar-refractivity contribution in [2.24, 2.45) is 0 Å². The molecule has 0 fully saturated rings. The van der Waals surface area contributed by atoms with Crippen LogP contribution < -0.4 is 32.8 Å². The lowest BCUT2D eigenvalue weighted by Crippen LogP contribution is -2.53. The van der Waals surface area contributed by atoms with Gasteiger partial charge in [0.25, 0.3) is 0 Å². The molecule has 0 saturated heterocycles. The summed E-state index contributed by atoms with van der Waals surface area (Å²) in [5.41, 5.74) is 10.8. The zero-order valence-electron chi connectivity index (χ0n) is 36.9. The molecule has 12 aromatic carbocycles. The number of fused-ring (bicyclic) bond motifs is 4. The molecule has 0 bridgehead atoms. The van der Waals surface area contributed by atoms with Gasteiger partial charge in [0.15, 0.2) is 0 Å². The highest BCUT2D eigenvalue weighted by molar-refractivity contribution is 6.98. The standard InChI is InChI=1S/C62H48B2/c1-39(2)57-37-59(63(49-25-21-41-13-5-9-17-45(41)33-49)50-26-22-42-14-6-10-18-46(42)34-50)55-31-32-56-60(38-58(40(3)4)54-30-29-53(57)61(55)62(54)56)64(51-27-23-43-15-7-11-19-47(43)35-51)52-28-24-44-16-8-12-20-48(44)36-52/h5-40H,1-4H3. The van der Waals surface area contributed by atoms with Crippen LogP contribution in [0.3, 0.4) is 0 Å². The third-order valence-electron chi connectivity index (χ3n) is 14.3. The summed E-state index contributed by atoms with van der Waals surface area (Å²) < 4.78 is 0. The molecule has 0 unspecified atom stereocenters. The minimum absolute atomic E-state index is 0.0169. The molecule has 0 N–H and O–H groups in total. The van der Waals surface area contributed by atoms with Crippen molar-refractivity contribution < 1.29 is 0 Å². The van der Waals surface area contributed by atoms with E-state index in [2.05, 4.69) is 234 Å². The average molecular weight is 815 g/mol. The van der Waals surface area contributed by atoms with Gasteiger partial charge in [-0.05, 0) is 98.4 Å². The SMILES string of the molecule is CC(C)c1cc(B(c2ccc3ccccc3c2)c2ccc3ccccc3c2)c2ccc3c(B(c4ccc5ccccc5c4)c4ccc5ccccc5c4)cc(C(C)C)c4ccc1c2c34. The molecule has 12 rings (SSSR count). The van der Waals surface area contributed by atoms with Crippen molar-refractivity contribution in [3.63, 3.8) is 0 Å². The van der Waals surface area contributed by atoms with Crippen LogP contribution in [-0.2, 0) is 0 Å². The Morgan fingerprint density at radius 3 is 0.812 bits per heavy atom. The van der Waals surface area contributed by atoms with E-state index in [0.29, 0.717) is 11.8 Å². The number of rotatable bonds is 8. The van der Waals surface area contributed by atoms with Crippen molar-refractivity contribution >= 4 is 122 Å². The van der Waals surface area contributed by atoms with Gasteiger partial charge in [-0.15, -0.1) is 0 Å². The predicted molar refractivity (Wildman–Crippen MR) is 283 cm³/mol. The summed E-state index contributed by atoms with van der Waals surface area (Å²) in [5, 5.41) is 18.3. The lowest BCUT2D eigenvalue weighted by atomic mass is 9.35. The highest BCUT2D eigenvalue weighted by Crippen LogP contribution is 2.40. The molecule has 0 aliphatic heterocycles. The van der Waals surface area contributed by atoms with E-state index >= 15 is 0 Å². The number of hydrogen-bond donors (Lipinski definition) is 0. The van der Waals surface area contributed by atoms with Crippen LogP contribution in [0, 0.1) is 0 Å². The van der Waals surface area contributed by atoms with Crippen molar-refractivity contribution in [1.82, 2.24) is 0 Å². The Balaban J connectivity index is 1.19. The van der Waals surface area contributed by atoms with E-state index in [1.807, 2.05) is 0 Å². The summed E-state index contributed by atoms with van der Waals surface area (Å²) in [6, 6.07) is 78.7. The summed E-state index contributed by atoms with van der Waals surface area (Å²) in [6.45, 7) is 9.52. The minimum Gasteiger partial charge on any atom is -0.0680 e. The van der Waals surface area contributed by atoms with Crippen LogP contribution in [0.5, 0.6) is 0 Å². The Morgan fingerprint density at radius 1 is 0.266 bits per heavy atom. The fourth-order valence-corrected chi connectivity index (χ4v) is 11.2. The second kappa shape index (κ2) is 15.3. The Morgan fingerprint density at radius 2 is 0.531 bits per heavy atom. The van der Waals surface area contributed by atoms with Crippen molar-refractivity contribution in [2.75, 3.05) is 0 Å². The largest absolute Gasteiger partial charge is 0.242 e. The van der Waals surface area contributed by atoms with Crippen molar-refractivity contribution in [3.8, 4) is 0 Å².